The monoisotopic (exact) mass is 508 g/mol. The molecule has 0 spiro atoms. The lowest BCUT2D eigenvalue weighted by molar-refractivity contribution is 0.0696. The van der Waals surface area contributed by atoms with Crippen LogP contribution in [0.3, 0.4) is 0 Å². The zero-order valence-electron chi connectivity index (χ0n) is 20.2. The number of thiophene rings is 1. The SMILES string of the molecule is CSc1ccccc1C(=O)N1CCc2c(sc(NC(=O)c3ccc(C(C)(C)C)cc3)c2C(=O)O)C1. The Morgan fingerprint density at radius 2 is 1.74 bits per heavy atom. The average molecular weight is 509 g/mol. The molecular weight excluding hydrogens is 480 g/mol. The number of hydrogen-bond acceptors (Lipinski definition) is 5. The number of carboxylic acid groups (broad SMARTS) is 1. The Balaban J connectivity index is 1.58. The molecule has 0 fully saturated rings. The van der Waals surface area contributed by atoms with Crippen molar-refractivity contribution >= 4 is 45.9 Å². The van der Waals surface area contributed by atoms with E-state index in [1.165, 1.54) is 23.1 Å². The third kappa shape index (κ3) is 5.13. The van der Waals surface area contributed by atoms with Crippen LogP contribution in [0.2, 0.25) is 0 Å². The summed E-state index contributed by atoms with van der Waals surface area (Å²) in [4.78, 5) is 41.7. The molecule has 1 aliphatic rings. The molecule has 0 saturated heterocycles. The first-order valence-corrected chi connectivity index (χ1v) is 13.4. The first-order chi connectivity index (χ1) is 16.6. The van der Waals surface area contributed by atoms with Crippen LogP contribution in [0.4, 0.5) is 5.00 Å². The van der Waals surface area contributed by atoms with E-state index in [-0.39, 0.29) is 22.8 Å². The van der Waals surface area contributed by atoms with E-state index in [4.69, 9.17) is 0 Å². The fourth-order valence-corrected chi connectivity index (χ4v) is 6.02. The molecule has 2 aromatic carbocycles. The van der Waals surface area contributed by atoms with Gasteiger partial charge in [-0.15, -0.1) is 23.1 Å². The van der Waals surface area contributed by atoms with E-state index in [0.29, 0.717) is 41.2 Å². The molecule has 0 aliphatic carbocycles. The van der Waals surface area contributed by atoms with Gasteiger partial charge in [-0.25, -0.2) is 4.79 Å². The quantitative estimate of drug-likeness (QED) is 0.418. The molecule has 4 rings (SSSR count). The molecule has 6 nitrogen and oxygen atoms in total. The molecule has 1 aliphatic heterocycles. The Kier molecular flexibility index (Phi) is 7.05. The van der Waals surface area contributed by atoms with Gasteiger partial charge in [-0.1, -0.05) is 45.0 Å². The number of thioether (sulfide) groups is 1. The van der Waals surface area contributed by atoms with Crippen molar-refractivity contribution in [3.05, 3.63) is 81.2 Å². The van der Waals surface area contributed by atoms with Crippen molar-refractivity contribution < 1.29 is 19.5 Å². The van der Waals surface area contributed by atoms with Gasteiger partial charge in [0.05, 0.1) is 17.7 Å². The number of amides is 2. The first kappa shape index (κ1) is 25.0. The summed E-state index contributed by atoms with van der Waals surface area (Å²) in [5.74, 6) is -1.50. The summed E-state index contributed by atoms with van der Waals surface area (Å²) in [5.41, 5.74) is 3.01. The number of fused-ring (bicyclic) bond motifs is 1. The number of carbonyl (C=O) groups excluding carboxylic acids is 2. The summed E-state index contributed by atoms with van der Waals surface area (Å²) in [6.45, 7) is 7.05. The van der Waals surface area contributed by atoms with Gasteiger partial charge in [-0.3, -0.25) is 9.59 Å². The van der Waals surface area contributed by atoms with Gasteiger partial charge in [0.1, 0.15) is 5.00 Å². The predicted octanol–water partition coefficient (Wildman–Crippen LogP) is 5.92. The molecule has 0 bridgehead atoms. The Morgan fingerprint density at radius 1 is 1.06 bits per heavy atom. The highest BCUT2D eigenvalue weighted by Gasteiger charge is 2.31. The molecule has 2 N–H and O–H groups in total. The van der Waals surface area contributed by atoms with Gasteiger partial charge in [0.25, 0.3) is 11.8 Å². The zero-order chi connectivity index (χ0) is 25.3. The third-order valence-electron chi connectivity index (χ3n) is 6.14. The Labute approximate surface area is 213 Å². The standard InChI is InChI=1S/C27H28N2O4S2/c1-27(2,3)17-11-9-16(10-12-17)23(30)28-24-22(26(32)33)18-13-14-29(15-21(18)35-24)25(31)19-7-5-6-8-20(19)34-4/h5-12H,13-15H2,1-4H3,(H,28,30)(H,32,33). The lowest BCUT2D eigenvalue weighted by Gasteiger charge is -2.27. The topological polar surface area (TPSA) is 86.7 Å². The van der Waals surface area contributed by atoms with Crippen LogP contribution >= 0.6 is 23.1 Å². The number of carbonyl (C=O) groups is 3. The van der Waals surface area contributed by atoms with Gasteiger partial charge in [0, 0.05) is 21.9 Å². The number of rotatable bonds is 5. The van der Waals surface area contributed by atoms with Crippen LogP contribution in [-0.4, -0.2) is 40.6 Å². The zero-order valence-corrected chi connectivity index (χ0v) is 21.8. The molecule has 35 heavy (non-hydrogen) atoms. The van der Waals surface area contributed by atoms with Crippen LogP contribution < -0.4 is 5.32 Å². The van der Waals surface area contributed by atoms with Crippen LogP contribution in [0.15, 0.2) is 53.4 Å². The van der Waals surface area contributed by atoms with E-state index in [2.05, 4.69) is 26.1 Å². The fourth-order valence-electron chi connectivity index (χ4n) is 4.18. The number of aromatic carboxylic acids is 1. The van der Waals surface area contributed by atoms with Gasteiger partial charge in [-0.05, 0) is 53.5 Å². The van der Waals surface area contributed by atoms with Crippen molar-refractivity contribution in [1.82, 2.24) is 4.90 Å². The highest BCUT2D eigenvalue weighted by atomic mass is 32.2. The van der Waals surface area contributed by atoms with Crippen molar-refractivity contribution in [3.63, 3.8) is 0 Å². The van der Waals surface area contributed by atoms with Crippen molar-refractivity contribution in [2.24, 2.45) is 0 Å². The lowest BCUT2D eigenvalue weighted by Crippen LogP contribution is -2.36. The van der Waals surface area contributed by atoms with E-state index in [1.54, 1.807) is 17.0 Å². The average Bonchev–Trinajstić information content (AvgIpc) is 3.20. The summed E-state index contributed by atoms with van der Waals surface area (Å²) < 4.78 is 0. The van der Waals surface area contributed by atoms with Crippen molar-refractivity contribution in [2.75, 3.05) is 18.1 Å². The van der Waals surface area contributed by atoms with E-state index >= 15 is 0 Å². The summed E-state index contributed by atoms with van der Waals surface area (Å²) in [6, 6.07) is 14.8. The second-order valence-electron chi connectivity index (χ2n) is 9.47. The molecular formula is C27H28N2O4S2. The maximum absolute atomic E-state index is 13.2. The Morgan fingerprint density at radius 3 is 2.37 bits per heavy atom. The first-order valence-electron chi connectivity index (χ1n) is 11.3. The van der Waals surface area contributed by atoms with Crippen LogP contribution in [0.1, 0.15) is 67.8 Å². The van der Waals surface area contributed by atoms with E-state index in [1.807, 2.05) is 42.7 Å². The summed E-state index contributed by atoms with van der Waals surface area (Å²) in [7, 11) is 0. The Hall–Kier alpha value is -3.10. The number of carboxylic acids is 1. The summed E-state index contributed by atoms with van der Waals surface area (Å²) in [6.07, 6.45) is 2.36. The highest BCUT2D eigenvalue weighted by Crippen LogP contribution is 2.38. The van der Waals surface area contributed by atoms with Gasteiger partial charge in [-0.2, -0.15) is 0 Å². The molecule has 0 saturated carbocycles. The minimum absolute atomic E-state index is 0.0298. The minimum Gasteiger partial charge on any atom is -0.478 e. The fraction of sp³-hybridized carbons (Fsp3) is 0.296. The number of nitrogens with one attached hydrogen (secondary N) is 1. The molecule has 182 valence electrons. The number of hydrogen-bond donors (Lipinski definition) is 2. The lowest BCUT2D eigenvalue weighted by atomic mass is 9.87. The molecule has 3 aromatic rings. The second-order valence-corrected chi connectivity index (χ2v) is 11.4. The van der Waals surface area contributed by atoms with Crippen molar-refractivity contribution in [1.29, 1.82) is 0 Å². The normalized spacial score (nSPS) is 13.3. The molecule has 1 aromatic heterocycles. The molecule has 0 atom stereocenters. The van der Waals surface area contributed by atoms with Gasteiger partial charge in [0.15, 0.2) is 0 Å². The van der Waals surface area contributed by atoms with Gasteiger partial charge >= 0.3 is 5.97 Å². The molecule has 2 amide bonds. The highest BCUT2D eigenvalue weighted by molar-refractivity contribution is 7.98. The molecule has 0 unspecified atom stereocenters. The van der Waals surface area contributed by atoms with Gasteiger partial charge in [0.2, 0.25) is 0 Å². The second kappa shape index (κ2) is 9.87. The largest absolute Gasteiger partial charge is 0.478 e. The minimum atomic E-state index is -1.08. The van der Waals surface area contributed by atoms with E-state index in [0.717, 1.165) is 15.3 Å². The third-order valence-corrected chi connectivity index (χ3v) is 8.06. The number of nitrogens with zero attached hydrogens (tertiary/aromatic N) is 1. The molecule has 8 heteroatoms. The summed E-state index contributed by atoms with van der Waals surface area (Å²) in [5, 5.41) is 13.0. The predicted molar refractivity (Wildman–Crippen MR) is 141 cm³/mol. The van der Waals surface area contributed by atoms with Gasteiger partial charge < -0.3 is 15.3 Å². The number of benzene rings is 2. The maximum atomic E-state index is 13.2. The van der Waals surface area contributed by atoms with Crippen LogP contribution in [0, 0.1) is 0 Å². The maximum Gasteiger partial charge on any atom is 0.339 e. The smallest absolute Gasteiger partial charge is 0.339 e. The molecule has 2 heterocycles. The van der Waals surface area contributed by atoms with Crippen molar-refractivity contribution in [3.8, 4) is 0 Å². The van der Waals surface area contributed by atoms with Crippen LogP contribution in [0.5, 0.6) is 0 Å². The molecule has 0 radical (unpaired) electrons. The summed E-state index contributed by atoms with van der Waals surface area (Å²) >= 11 is 2.76. The van der Waals surface area contributed by atoms with Crippen LogP contribution in [0.25, 0.3) is 0 Å². The number of anilines is 1. The Bertz CT molecular complexity index is 1290. The van der Waals surface area contributed by atoms with E-state index in [9.17, 15) is 19.5 Å². The van der Waals surface area contributed by atoms with Crippen LogP contribution in [-0.2, 0) is 18.4 Å². The van der Waals surface area contributed by atoms with Crippen molar-refractivity contribution in [2.45, 2.75) is 44.0 Å². The van der Waals surface area contributed by atoms with E-state index < -0.39 is 5.97 Å².